The Morgan fingerprint density at radius 1 is 1.10 bits per heavy atom. The maximum absolute atomic E-state index is 13.1. The summed E-state index contributed by atoms with van der Waals surface area (Å²) in [6, 6.07) is 10.6. The first-order valence-corrected chi connectivity index (χ1v) is 10.4. The zero-order valence-corrected chi connectivity index (χ0v) is 16.7. The number of carbonyl (C=O) groups excluding carboxylic acids is 2. The summed E-state index contributed by atoms with van der Waals surface area (Å²) in [5, 5.41) is 11.1. The number of carbonyl (C=O) groups is 2. The van der Waals surface area contributed by atoms with Gasteiger partial charge in [0.1, 0.15) is 5.76 Å². The number of benzene rings is 1. The minimum atomic E-state index is -0.610. The Kier molecular flexibility index (Phi) is 5.47. The molecule has 1 saturated heterocycles. The predicted octanol–water partition coefficient (Wildman–Crippen LogP) is 4.40. The number of Topliss-reactive ketones (excluding diaryl/α,β-unsaturated/α-hetero) is 1. The van der Waals surface area contributed by atoms with Gasteiger partial charge in [0.25, 0.3) is 11.7 Å². The van der Waals surface area contributed by atoms with E-state index in [1.807, 2.05) is 30.3 Å². The molecule has 1 aliphatic heterocycles. The Balaban J connectivity index is 1.83. The van der Waals surface area contributed by atoms with Crippen molar-refractivity contribution in [1.29, 1.82) is 0 Å². The normalized spacial score (nSPS) is 22.2. The van der Waals surface area contributed by atoms with Gasteiger partial charge in [0.15, 0.2) is 0 Å². The Morgan fingerprint density at radius 3 is 2.45 bits per heavy atom. The maximum atomic E-state index is 13.1. The van der Waals surface area contributed by atoms with Gasteiger partial charge >= 0.3 is 0 Å². The standard InChI is InChI=1S/C24H26N2O3/c1-2-16-10-12-17(13-11-16)22(27)20-21(18-7-6-14-25-15-18)26(24(29)23(20)28)19-8-4-3-5-9-19/h6-7,10-15,19,21,27H,2-5,8-9H2,1H3/b22-20-. The smallest absolute Gasteiger partial charge is 0.295 e. The Hall–Kier alpha value is -2.95. The Bertz CT molecular complexity index is 928. The monoisotopic (exact) mass is 390 g/mol. The van der Waals surface area contributed by atoms with Crippen LogP contribution in [0, 0.1) is 0 Å². The van der Waals surface area contributed by atoms with Crippen molar-refractivity contribution in [2.45, 2.75) is 57.5 Å². The second kappa shape index (κ2) is 8.19. The lowest BCUT2D eigenvalue weighted by atomic mass is 9.91. The third kappa shape index (κ3) is 3.57. The molecule has 1 atom stereocenters. The highest BCUT2D eigenvalue weighted by atomic mass is 16.3. The molecule has 150 valence electrons. The summed E-state index contributed by atoms with van der Waals surface area (Å²) in [6.07, 6.45) is 9.26. The number of rotatable bonds is 4. The minimum absolute atomic E-state index is 0.0122. The van der Waals surface area contributed by atoms with Gasteiger partial charge in [-0.15, -0.1) is 0 Å². The van der Waals surface area contributed by atoms with Crippen LogP contribution in [0.5, 0.6) is 0 Å². The lowest BCUT2D eigenvalue weighted by Crippen LogP contribution is -2.40. The van der Waals surface area contributed by atoms with Crippen LogP contribution >= 0.6 is 0 Å². The first kappa shape index (κ1) is 19.4. The molecule has 2 aromatic rings. The van der Waals surface area contributed by atoms with Crippen LogP contribution in [0.4, 0.5) is 0 Å². The maximum Gasteiger partial charge on any atom is 0.295 e. The number of pyridine rings is 1. The molecule has 5 nitrogen and oxygen atoms in total. The predicted molar refractivity (Wildman–Crippen MR) is 111 cm³/mol. The molecule has 0 spiro atoms. The third-order valence-electron chi connectivity index (χ3n) is 6.08. The molecule has 2 fully saturated rings. The molecule has 1 aromatic heterocycles. The van der Waals surface area contributed by atoms with E-state index < -0.39 is 17.7 Å². The van der Waals surface area contributed by atoms with Gasteiger partial charge in [-0.25, -0.2) is 0 Å². The number of likely N-dealkylation sites (tertiary alicyclic amines) is 1. The molecule has 1 aliphatic carbocycles. The number of ketones is 1. The summed E-state index contributed by atoms with van der Waals surface area (Å²) >= 11 is 0. The number of nitrogens with zero attached hydrogens (tertiary/aromatic N) is 2. The summed E-state index contributed by atoms with van der Waals surface area (Å²) in [4.78, 5) is 32.0. The molecule has 1 amide bonds. The minimum Gasteiger partial charge on any atom is -0.507 e. The number of aliphatic hydroxyl groups excluding tert-OH is 1. The molecule has 2 heterocycles. The second-order valence-electron chi connectivity index (χ2n) is 7.84. The van der Waals surface area contributed by atoms with Gasteiger partial charge in [-0.1, -0.05) is 56.5 Å². The van der Waals surface area contributed by atoms with Crippen molar-refractivity contribution in [3.8, 4) is 0 Å². The average molecular weight is 390 g/mol. The van der Waals surface area contributed by atoms with Crippen molar-refractivity contribution in [2.24, 2.45) is 0 Å². The number of aromatic nitrogens is 1. The van der Waals surface area contributed by atoms with E-state index >= 15 is 0 Å². The van der Waals surface area contributed by atoms with E-state index in [1.54, 1.807) is 23.4 Å². The zero-order valence-electron chi connectivity index (χ0n) is 16.7. The highest BCUT2D eigenvalue weighted by Crippen LogP contribution is 2.42. The fraction of sp³-hybridized carbons (Fsp3) is 0.375. The van der Waals surface area contributed by atoms with E-state index in [9.17, 15) is 14.7 Å². The second-order valence-corrected chi connectivity index (χ2v) is 7.84. The number of amides is 1. The lowest BCUT2D eigenvalue weighted by molar-refractivity contribution is -0.141. The van der Waals surface area contributed by atoms with Gasteiger partial charge in [0, 0.05) is 24.0 Å². The fourth-order valence-corrected chi connectivity index (χ4v) is 4.50. The van der Waals surface area contributed by atoms with Crippen LogP contribution in [0.2, 0.25) is 0 Å². The topological polar surface area (TPSA) is 70.5 Å². The van der Waals surface area contributed by atoms with Gasteiger partial charge < -0.3 is 10.0 Å². The molecule has 5 heteroatoms. The van der Waals surface area contributed by atoms with E-state index in [0.29, 0.717) is 5.56 Å². The molecular weight excluding hydrogens is 364 g/mol. The van der Waals surface area contributed by atoms with E-state index in [2.05, 4.69) is 11.9 Å². The molecule has 1 saturated carbocycles. The summed E-state index contributed by atoms with van der Waals surface area (Å²) in [5.41, 5.74) is 2.62. The van der Waals surface area contributed by atoms with Crippen LogP contribution < -0.4 is 0 Å². The Morgan fingerprint density at radius 2 is 1.83 bits per heavy atom. The van der Waals surface area contributed by atoms with Gasteiger partial charge in [-0.2, -0.15) is 0 Å². The first-order valence-electron chi connectivity index (χ1n) is 10.4. The molecule has 1 N–H and O–H groups in total. The largest absolute Gasteiger partial charge is 0.507 e. The molecule has 0 bridgehead atoms. The van der Waals surface area contributed by atoms with Crippen LogP contribution in [0.15, 0.2) is 54.4 Å². The molecular formula is C24H26N2O3. The summed E-state index contributed by atoms with van der Waals surface area (Å²) in [7, 11) is 0. The molecule has 4 rings (SSSR count). The summed E-state index contributed by atoms with van der Waals surface area (Å²) < 4.78 is 0. The SMILES string of the molecule is CCc1ccc(/C(O)=C2/C(=O)C(=O)N(C3CCCCC3)C2c2cccnc2)cc1. The van der Waals surface area contributed by atoms with Crippen LogP contribution in [-0.4, -0.2) is 32.7 Å². The van der Waals surface area contributed by atoms with E-state index in [-0.39, 0.29) is 17.4 Å². The van der Waals surface area contributed by atoms with Crippen molar-refractivity contribution in [2.75, 3.05) is 0 Å². The molecule has 0 radical (unpaired) electrons. The molecule has 1 unspecified atom stereocenters. The van der Waals surface area contributed by atoms with Gasteiger partial charge in [-0.05, 0) is 36.5 Å². The highest BCUT2D eigenvalue weighted by Gasteiger charge is 2.48. The number of aliphatic hydroxyl groups is 1. The van der Waals surface area contributed by atoms with Crippen molar-refractivity contribution < 1.29 is 14.7 Å². The van der Waals surface area contributed by atoms with Crippen molar-refractivity contribution >= 4 is 17.4 Å². The van der Waals surface area contributed by atoms with Crippen LogP contribution in [-0.2, 0) is 16.0 Å². The third-order valence-corrected chi connectivity index (χ3v) is 6.08. The fourth-order valence-electron chi connectivity index (χ4n) is 4.50. The quantitative estimate of drug-likeness (QED) is 0.477. The van der Waals surface area contributed by atoms with Gasteiger partial charge in [0.2, 0.25) is 0 Å². The number of hydrogen-bond acceptors (Lipinski definition) is 4. The van der Waals surface area contributed by atoms with E-state index in [0.717, 1.165) is 49.7 Å². The van der Waals surface area contributed by atoms with Crippen LogP contribution in [0.1, 0.15) is 61.8 Å². The van der Waals surface area contributed by atoms with Crippen molar-refractivity contribution in [3.63, 3.8) is 0 Å². The number of aryl methyl sites for hydroxylation is 1. The molecule has 2 aliphatic rings. The summed E-state index contributed by atoms with van der Waals surface area (Å²) in [5.74, 6) is -1.24. The van der Waals surface area contributed by atoms with Gasteiger partial charge in [0.05, 0.1) is 11.6 Å². The molecule has 29 heavy (non-hydrogen) atoms. The Labute approximate surface area is 171 Å². The van der Waals surface area contributed by atoms with E-state index in [1.165, 1.54) is 0 Å². The van der Waals surface area contributed by atoms with E-state index in [4.69, 9.17) is 0 Å². The molecule has 1 aromatic carbocycles. The average Bonchev–Trinajstić information content (AvgIpc) is 3.05. The van der Waals surface area contributed by atoms with Crippen LogP contribution in [0.3, 0.4) is 0 Å². The summed E-state index contributed by atoms with van der Waals surface area (Å²) in [6.45, 7) is 2.06. The van der Waals surface area contributed by atoms with Crippen LogP contribution in [0.25, 0.3) is 5.76 Å². The number of hydrogen-bond donors (Lipinski definition) is 1. The van der Waals surface area contributed by atoms with Gasteiger partial charge in [-0.3, -0.25) is 14.6 Å². The zero-order chi connectivity index (χ0) is 20.4. The lowest BCUT2D eigenvalue weighted by Gasteiger charge is -2.35. The highest BCUT2D eigenvalue weighted by molar-refractivity contribution is 6.46. The van der Waals surface area contributed by atoms with Crippen molar-refractivity contribution in [1.82, 2.24) is 9.88 Å². The first-order chi connectivity index (χ1) is 14.1. The van der Waals surface area contributed by atoms with Crippen molar-refractivity contribution in [3.05, 3.63) is 71.1 Å².